The smallest absolute Gasteiger partial charge is 0.163 e. The standard InChI is InChI=1S/C15H16BrNO3/c1-18-14-6-5-12(17)10-15(14)20-8-7-19-13-4-2-3-11(16)9-13/h2-6,9-10H,7-8,17H2,1H3. The number of nitrogens with two attached hydrogens (primary N) is 1. The van der Waals surface area contributed by atoms with Crippen LogP contribution in [0, 0.1) is 0 Å². The summed E-state index contributed by atoms with van der Waals surface area (Å²) in [6.45, 7) is 0.848. The lowest BCUT2D eigenvalue weighted by molar-refractivity contribution is 0.211. The Bertz CT molecular complexity index is 575. The molecule has 2 rings (SSSR count). The van der Waals surface area contributed by atoms with Crippen molar-refractivity contribution in [3.63, 3.8) is 0 Å². The van der Waals surface area contributed by atoms with Gasteiger partial charge >= 0.3 is 0 Å². The molecule has 0 atom stereocenters. The molecule has 0 aliphatic heterocycles. The fraction of sp³-hybridized carbons (Fsp3) is 0.200. The van der Waals surface area contributed by atoms with E-state index in [0.29, 0.717) is 30.4 Å². The van der Waals surface area contributed by atoms with Crippen LogP contribution in [0.1, 0.15) is 0 Å². The number of rotatable bonds is 6. The number of hydrogen-bond acceptors (Lipinski definition) is 4. The van der Waals surface area contributed by atoms with Gasteiger partial charge in [0.05, 0.1) is 7.11 Å². The minimum absolute atomic E-state index is 0.409. The van der Waals surface area contributed by atoms with Crippen LogP contribution >= 0.6 is 15.9 Å². The lowest BCUT2D eigenvalue weighted by atomic mass is 10.3. The molecule has 0 spiro atoms. The first-order valence-electron chi connectivity index (χ1n) is 6.14. The van der Waals surface area contributed by atoms with Crippen molar-refractivity contribution in [1.29, 1.82) is 0 Å². The normalized spacial score (nSPS) is 10.1. The van der Waals surface area contributed by atoms with E-state index in [1.165, 1.54) is 0 Å². The van der Waals surface area contributed by atoms with Crippen LogP contribution in [-0.2, 0) is 0 Å². The van der Waals surface area contributed by atoms with Crippen LogP contribution in [0.15, 0.2) is 46.9 Å². The summed E-state index contributed by atoms with van der Waals surface area (Å²) in [5, 5.41) is 0. The number of methoxy groups -OCH3 is 1. The van der Waals surface area contributed by atoms with Crippen LogP contribution in [0.4, 0.5) is 5.69 Å². The third-order valence-electron chi connectivity index (χ3n) is 2.59. The summed E-state index contributed by atoms with van der Waals surface area (Å²) in [5.41, 5.74) is 6.36. The SMILES string of the molecule is COc1ccc(N)cc1OCCOc1cccc(Br)c1. The first-order valence-corrected chi connectivity index (χ1v) is 6.93. The maximum atomic E-state index is 5.72. The van der Waals surface area contributed by atoms with Gasteiger partial charge in [-0.1, -0.05) is 22.0 Å². The fourth-order valence-corrected chi connectivity index (χ4v) is 2.05. The Morgan fingerprint density at radius 3 is 2.55 bits per heavy atom. The van der Waals surface area contributed by atoms with Gasteiger partial charge in [-0.15, -0.1) is 0 Å². The molecule has 0 fully saturated rings. The zero-order valence-corrected chi connectivity index (χ0v) is 12.7. The molecule has 0 heterocycles. The van der Waals surface area contributed by atoms with Crippen LogP contribution in [0.2, 0.25) is 0 Å². The molecule has 0 radical (unpaired) electrons. The maximum Gasteiger partial charge on any atom is 0.163 e. The molecule has 0 saturated heterocycles. The molecule has 2 N–H and O–H groups in total. The lowest BCUT2D eigenvalue weighted by Crippen LogP contribution is -2.09. The zero-order chi connectivity index (χ0) is 14.4. The van der Waals surface area contributed by atoms with Crippen molar-refractivity contribution < 1.29 is 14.2 Å². The van der Waals surface area contributed by atoms with Crippen LogP contribution in [0.25, 0.3) is 0 Å². The largest absolute Gasteiger partial charge is 0.493 e. The first kappa shape index (κ1) is 14.5. The quantitative estimate of drug-likeness (QED) is 0.647. The molecule has 2 aromatic rings. The highest BCUT2D eigenvalue weighted by atomic mass is 79.9. The molecule has 0 unspecified atom stereocenters. The van der Waals surface area contributed by atoms with E-state index in [2.05, 4.69) is 15.9 Å². The van der Waals surface area contributed by atoms with Crippen LogP contribution < -0.4 is 19.9 Å². The van der Waals surface area contributed by atoms with Crippen molar-refractivity contribution >= 4 is 21.6 Å². The van der Waals surface area contributed by atoms with Gasteiger partial charge < -0.3 is 19.9 Å². The number of anilines is 1. The van der Waals surface area contributed by atoms with Gasteiger partial charge in [-0.25, -0.2) is 0 Å². The topological polar surface area (TPSA) is 53.7 Å². The first-order chi connectivity index (χ1) is 9.69. The molecule has 20 heavy (non-hydrogen) atoms. The van der Waals surface area contributed by atoms with Gasteiger partial charge in [0.1, 0.15) is 19.0 Å². The fourth-order valence-electron chi connectivity index (χ4n) is 1.67. The van der Waals surface area contributed by atoms with E-state index < -0.39 is 0 Å². The molecular weight excluding hydrogens is 322 g/mol. The second-order valence-corrected chi connectivity index (χ2v) is 4.98. The van der Waals surface area contributed by atoms with Crippen LogP contribution in [0.5, 0.6) is 17.2 Å². The number of halogens is 1. The average molecular weight is 338 g/mol. The van der Waals surface area contributed by atoms with Gasteiger partial charge in [0.25, 0.3) is 0 Å². The van der Waals surface area contributed by atoms with Gasteiger partial charge in [-0.3, -0.25) is 0 Å². The Kier molecular flexibility index (Phi) is 5.12. The highest BCUT2D eigenvalue weighted by molar-refractivity contribution is 9.10. The summed E-state index contributed by atoms with van der Waals surface area (Å²) in [5.74, 6) is 2.06. The molecule has 5 heteroatoms. The average Bonchev–Trinajstić information content (AvgIpc) is 2.44. The van der Waals surface area contributed by atoms with E-state index in [1.54, 1.807) is 25.3 Å². The Labute approximate surface area is 126 Å². The maximum absolute atomic E-state index is 5.72. The van der Waals surface area contributed by atoms with Crippen molar-refractivity contribution in [2.45, 2.75) is 0 Å². The molecule has 0 aromatic heterocycles. The minimum atomic E-state index is 0.409. The van der Waals surface area contributed by atoms with Gasteiger partial charge in [-0.2, -0.15) is 0 Å². The molecule has 0 aliphatic rings. The Morgan fingerprint density at radius 1 is 1.00 bits per heavy atom. The summed E-state index contributed by atoms with van der Waals surface area (Å²) in [6.07, 6.45) is 0. The Balaban J connectivity index is 1.85. The summed E-state index contributed by atoms with van der Waals surface area (Å²) in [4.78, 5) is 0. The van der Waals surface area contributed by atoms with Gasteiger partial charge in [0, 0.05) is 16.2 Å². The van der Waals surface area contributed by atoms with Crippen LogP contribution in [0.3, 0.4) is 0 Å². The zero-order valence-electron chi connectivity index (χ0n) is 11.1. The highest BCUT2D eigenvalue weighted by Gasteiger charge is 2.04. The predicted octanol–water partition coefficient (Wildman–Crippen LogP) is 3.50. The third kappa shape index (κ3) is 4.06. The molecular formula is C15H16BrNO3. The van der Waals surface area contributed by atoms with E-state index in [4.69, 9.17) is 19.9 Å². The summed E-state index contributed by atoms with van der Waals surface area (Å²) >= 11 is 3.39. The van der Waals surface area contributed by atoms with Crippen LogP contribution in [-0.4, -0.2) is 20.3 Å². The lowest BCUT2D eigenvalue weighted by Gasteiger charge is -2.12. The Hall–Kier alpha value is -1.88. The van der Waals surface area contributed by atoms with Crippen molar-refractivity contribution in [3.05, 3.63) is 46.9 Å². The van der Waals surface area contributed by atoms with Gasteiger partial charge in [-0.05, 0) is 30.3 Å². The molecule has 4 nitrogen and oxygen atoms in total. The van der Waals surface area contributed by atoms with Gasteiger partial charge in [0.15, 0.2) is 11.5 Å². The third-order valence-corrected chi connectivity index (χ3v) is 3.09. The summed E-state index contributed by atoms with van der Waals surface area (Å²) in [6, 6.07) is 12.9. The molecule has 0 saturated carbocycles. The number of benzene rings is 2. The van der Waals surface area contributed by atoms with E-state index >= 15 is 0 Å². The molecule has 0 aliphatic carbocycles. The van der Waals surface area contributed by atoms with E-state index in [0.717, 1.165) is 10.2 Å². The van der Waals surface area contributed by atoms with Crippen molar-refractivity contribution in [3.8, 4) is 17.2 Å². The summed E-state index contributed by atoms with van der Waals surface area (Å²) < 4.78 is 17.4. The van der Waals surface area contributed by atoms with Crippen molar-refractivity contribution in [1.82, 2.24) is 0 Å². The van der Waals surface area contributed by atoms with E-state index in [1.807, 2.05) is 24.3 Å². The summed E-state index contributed by atoms with van der Waals surface area (Å²) in [7, 11) is 1.59. The molecule has 2 aromatic carbocycles. The number of hydrogen-bond donors (Lipinski definition) is 1. The van der Waals surface area contributed by atoms with E-state index in [9.17, 15) is 0 Å². The predicted molar refractivity (Wildman–Crippen MR) is 82.5 cm³/mol. The van der Waals surface area contributed by atoms with Gasteiger partial charge in [0.2, 0.25) is 0 Å². The number of nitrogen functional groups attached to an aromatic ring is 1. The second kappa shape index (κ2) is 7.05. The highest BCUT2D eigenvalue weighted by Crippen LogP contribution is 2.28. The van der Waals surface area contributed by atoms with Crippen molar-refractivity contribution in [2.24, 2.45) is 0 Å². The number of ether oxygens (including phenoxy) is 3. The minimum Gasteiger partial charge on any atom is -0.493 e. The molecule has 0 bridgehead atoms. The second-order valence-electron chi connectivity index (χ2n) is 4.06. The molecule has 0 amide bonds. The molecule has 106 valence electrons. The van der Waals surface area contributed by atoms with Crippen molar-refractivity contribution in [2.75, 3.05) is 26.1 Å². The van der Waals surface area contributed by atoms with E-state index in [-0.39, 0.29) is 0 Å². The Morgan fingerprint density at radius 2 is 1.80 bits per heavy atom. The monoisotopic (exact) mass is 337 g/mol.